The molecule has 1 N–H and O–H groups in total. The Hall–Kier alpha value is -1.99. The predicted molar refractivity (Wildman–Crippen MR) is 89.3 cm³/mol. The van der Waals surface area contributed by atoms with Crippen molar-refractivity contribution in [2.24, 2.45) is 0 Å². The monoisotopic (exact) mass is 376 g/mol. The lowest BCUT2D eigenvalue weighted by molar-refractivity contribution is 0.0945. The number of halogens is 1. The summed E-state index contributed by atoms with van der Waals surface area (Å²) in [6, 6.07) is 9.67. The maximum Gasteiger partial charge on any atom is 0.274 e. The first-order valence-electron chi connectivity index (χ1n) is 6.62. The Kier molecular flexibility index (Phi) is 4.35. The van der Waals surface area contributed by atoms with Crippen molar-refractivity contribution in [3.63, 3.8) is 0 Å². The van der Waals surface area contributed by atoms with Crippen LogP contribution in [0.2, 0.25) is 0 Å². The first-order chi connectivity index (χ1) is 10.6. The second-order valence-corrected chi connectivity index (χ2v) is 6.43. The topological polar surface area (TPSA) is 59.8 Å². The Labute approximate surface area is 140 Å². The Balaban J connectivity index is 1.79. The van der Waals surface area contributed by atoms with Gasteiger partial charge in [-0.2, -0.15) is 11.3 Å². The normalized spacial score (nSPS) is 10.6. The summed E-state index contributed by atoms with van der Waals surface area (Å²) in [5, 5.41) is 14.9. The highest BCUT2D eigenvalue weighted by atomic mass is 79.9. The molecule has 22 heavy (non-hydrogen) atoms. The number of thiophene rings is 1. The number of hydrogen-bond donors (Lipinski definition) is 1. The van der Waals surface area contributed by atoms with Crippen LogP contribution in [0.3, 0.4) is 0 Å². The summed E-state index contributed by atoms with van der Waals surface area (Å²) in [5.74, 6) is -0.218. The van der Waals surface area contributed by atoms with Crippen molar-refractivity contribution in [1.82, 2.24) is 20.3 Å². The molecule has 3 rings (SSSR count). The van der Waals surface area contributed by atoms with Crippen LogP contribution in [0.4, 0.5) is 0 Å². The van der Waals surface area contributed by atoms with Crippen molar-refractivity contribution in [1.29, 1.82) is 0 Å². The van der Waals surface area contributed by atoms with Gasteiger partial charge in [-0.05, 0) is 47.5 Å². The fraction of sp³-hybridized carbons (Fsp3) is 0.133. The number of rotatable bonds is 4. The van der Waals surface area contributed by atoms with Crippen LogP contribution in [-0.2, 0) is 6.54 Å². The Morgan fingerprint density at radius 2 is 2.27 bits per heavy atom. The van der Waals surface area contributed by atoms with E-state index >= 15 is 0 Å². The van der Waals surface area contributed by atoms with Crippen molar-refractivity contribution in [2.45, 2.75) is 13.5 Å². The second-order valence-electron chi connectivity index (χ2n) is 4.73. The lowest BCUT2D eigenvalue weighted by atomic mass is 10.2. The molecule has 2 heterocycles. The van der Waals surface area contributed by atoms with Crippen LogP contribution in [0, 0.1) is 6.92 Å². The van der Waals surface area contributed by atoms with Gasteiger partial charge in [0.05, 0.1) is 11.4 Å². The molecule has 0 unspecified atom stereocenters. The highest BCUT2D eigenvalue weighted by Crippen LogP contribution is 2.17. The van der Waals surface area contributed by atoms with E-state index in [9.17, 15) is 4.79 Å². The fourth-order valence-corrected chi connectivity index (χ4v) is 3.11. The van der Waals surface area contributed by atoms with Gasteiger partial charge in [0.2, 0.25) is 0 Å². The second kappa shape index (κ2) is 6.41. The third kappa shape index (κ3) is 3.10. The molecular weight excluding hydrogens is 364 g/mol. The molecule has 7 heteroatoms. The number of carbonyl (C=O) groups is 1. The van der Waals surface area contributed by atoms with Gasteiger partial charge in [0.1, 0.15) is 0 Å². The van der Waals surface area contributed by atoms with E-state index in [0.29, 0.717) is 17.9 Å². The number of amides is 1. The summed E-state index contributed by atoms with van der Waals surface area (Å²) in [4.78, 5) is 12.2. The molecule has 2 aromatic heterocycles. The first-order valence-corrected chi connectivity index (χ1v) is 8.36. The average Bonchev–Trinajstić information content (AvgIpc) is 3.14. The molecule has 0 saturated heterocycles. The smallest absolute Gasteiger partial charge is 0.274 e. The van der Waals surface area contributed by atoms with Crippen molar-refractivity contribution in [2.75, 3.05) is 0 Å². The zero-order chi connectivity index (χ0) is 15.5. The van der Waals surface area contributed by atoms with E-state index in [2.05, 4.69) is 31.6 Å². The van der Waals surface area contributed by atoms with Gasteiger partial charge in [-0.15, -0.1) is 5.10 Å². The number of nitrogens with one attached hydrogen (secondary N) is 1. The molecule has 0 bridgehead atoms. The molecule has 1 aromatic carbocycles. The minimum atomic E-state index is -0.218. The Bertz CT molecular complexity index is 798. The summed E-state index contributed by atoms with van der Waals surface area (Å²) in [6.07, 6.45) is 0. The minimum absolute atomic E-state index is 0.218. The number of carbonyl (C=O) groups excluding carboxylic acids is 1. The number of benzene rings is 1. The molecule has 0 spiro atoms. The van der Waals surface area contributed by atoms with Crippen molar-refractivity contribution in [3.8, 4) is 5.69 Å². The molecule has 0 aliphatic carbocycles. The van der Waals surface area contributed by atoms with E-state index in [-0.39, 0.29) is 5.91 Å². The Morgan fingerprint density at radius 1 is 1.41 bits per heavy atom. The summed E-state index contributed by atoms with van der Waals surface area (Å²) in [7, 11) is 0. The highest BCUT2D eigenvalue weighted by molar-refractivity contribution is 9.10. The summed E-state index contributed by atoms with van der Waals surface area (Å²) < 4.78 is 2.60. The van der Waals surface area contributed by atoms with E-state index in [0.717, 1.165) is 15.7 Å². The van der Waals surface area contributed by atoms with Gasteiger partial charge in [-0.1, -0.05) is 27.2 Å². The molecule has 0 aliphatic heterocycles. The standard InChI is InChI=1S/C15H13BrN4OS/c1-10-14(15(21)17-8-11-5-6-22-9-11)18-19-20(10)13-4-2-3-12(16)7-13/h2-7,9H,8H2,1H3,(H,17,21). The first kappa shape index (κ1) is 14.9. The zero-order valence-corrected chi connectivity index (χ0v) is 14.2. The maximum absolute atomic E-state index is 12.2. The van der Waals surface area contributed by atoms with Gasteiger partial charge in [-0.25, -0.2) is 4.68 Å². The van der Waals surface area contributed by atoms with Crippen molar-refractivity contribution < 1.29 is 4.79 Å². The van der Waals surface area contributed by atoms with Crippen molar-refractivity contribution in [3.05, 3.63) is 62.5 Å². The quantitative estimate of drug-likeness (QED) is 0.759. The summed E-state index contributed by atoms with van der Waals surface area (Å²) >= 11 is 5.03. The maximum atomic E-state index is 12.2. The SMILES string of the molecule is Cc1c(C(=O)NCc2ccsc2)nnn1-c1cccc(Br)c1. The molecule has 3 aromatic rings. The van der Waals surface area contributed by atoms with Crippen LogP contribution < -0.4 is 5.32 Å². The molecule has 5 nitrogen and oxygen atoms in total. The van der Waals surface area contributed by atoms with Gasteiger partial charge in [0.15, 0.2) is 5.69 Å². The van der Waals surface area contributed by atoms with Crippen LogP contribution in [0.1, 0.15) is 21.7 Å². The van der Waals surface area contributed by atoms with Crippen LogP contribution in [0.25, 0.3) is 5.69 Å². The van der Waals surface area contributed by atoms with Crippen LogP contribution in [0.5, 0.6) is 0 Å². The third-order valence-corrected chi connectivity index (χ3v) is 4.42. The molecule has 1 amide bonds. The van der Waals surface area contributed by atoms with Gasteiger partial charge in [0, 0.05) is 11.0 Å². The van der Waals surface area contributed by atoms with Crippen LogP contribution in [-0.4, -0.2) is 20.9 Å². The minimum Gasteiger partial charge on any atom is -0.346 e. The van der Waals surface area contributed by atoms with Gasteiger partial charge >= 0.3 is 0 Å². The van der Waals surface area contributed by atoms with Gasteiger partial charge < -0.3 is 5.32 Å². The van der Waals surface area contributed by atoms with Gasteiger partial charge in [0.25, 0.3) is 5.91 Å². The molecule has 0 fully saturated rings. The summed E-state index contributed by atoms with van der Waals surface area (Å²) in [6.45, 7) is 2.33. The fourth-order valence-electron chi connectivity index (χ4n) is 2.05. The average molecular weight is 377 g/mol. The molecular formula is C15H13BrN4OS. The zero-order valence-electron chi connectivity index (χ0n) is 11.8. The molecule has 0 aliphatic rings. The molecule has 112 valence electrons. The van der Waals surface area contributed by atoms with Crippen molar-refractivity contribution >= 4 is 33.2 Å². The third-order valence-electron chi connectivity index (χ3n) is 3.20. The van der Waals surface area contributed by atoms with E-state index in [1.165, 1.54) is 0 Å². The van der Waals surface area contributed by atoms with E-state index in [1.807, 2.05) is 48.0 Å². The van der Waals surface area contributed by atoms with E-state index in [1.54, 1.807) is 16.0 Å². The molecule has 0 saturated carbocycles. The molecule has 0 atom stereocenters. The number of nitrogens with zero attached hydrogens (tertiary/aromatic N) is 3. The van der Waals surface area contributed by atoms with Crippen LogP contribution >= 0.6 is 27.3 Å². The number of hydrogen-bond acceptors (Lipinski definition) is 4. The lowest BCUT2D eigenvalue weighted by Gasteiger charge is -2.05. The Morgan fingerprint density at radius 3 is 3.00 bits per heavy atom. The van der Waals surface area contributed by atoms with Crippen LogP contribution in [0.15, 0.2) is 45.6 Å². The van der Waals surface area contributed by atoms with E-state index in [4.69, 9.17) is 0 Å². The summed E-state index contributed by atoms with van der Waals surface area (Å²) in [5.41, 5.74) is 2.99. The highest BCUT2D eigenvalue weighted by Gasteiger charge is 2.17. The predicted octanol–water partition coefficient (Wildman–Crippen LogP) is 3.33. The largest absolute Gasteiger partial charge is 0.346 e. The van der Waals surface area contributed by atoms with E-state index < -0.39 is 0 Å². The van der Waals surface area contributed by atoms with Gasteiger partial charge in [-0.3, -0.25) is 4.79 Å². The molecule has 0 radical (unpaired) electrons. The lowest BCUT2D eigenvalue weighted by Crippen LogP contribution is -2.23. The number of aromatic nitrogens is 3.